The minimum absolute atomic E-state index is 0.123. The van der Waals surface area contributed by atoms with E-state index < -0.39 is 0 Å². The van der Waals surface area contributed by atoms with E-state index >= 15 is 0 Å². The minimum atomic E-state index is 0.123. The van der Waals surface area contributed by atoms with Crippen LogP contribution in [0, 0.1) is 0 Å². The summed E-state index contributed by atoms with van der Waals surface area (Å²) < 4.78 is 2.12. The first-order chi connectivity index (χ1) is 12.7. The number of hydrogen-bond acceptors (Lipinski definition) is 5. The van der Waals surface area contributed by atoms with Crippen LogP contribution < -0.4 is 16.1 Å². The Balaban J connectivity index is 2.07. The van der Waals surface area contributed by atoms with E-state index in [1.807, 2.05) is 31.3 Å². The van der Waals surface area contributed by atoms with Crippen LogP contribution in [0.25, 0.3) is 20.2 Å². The molecule has 5 heteroatoms. The van der Waals surface area contributed by atoms with Crippen LogP contribution in [0.4, 0.5) is 5.69 Å². The smallest absolute Gasteiger partial charge is 0.197 e. The molecule has 0 fully saturated rings. The summed E-state index contributed by atoms with van der Waals surface area (Å²) in [6.07, 6.45) is 0. The first-order valence-corrected chi connectivity index (χ1v) is 10.1. The Labute approximate surface area is 158 Å². The van der Waals surface area contributed by atoms with Gasteiger partial charge in [0.1, 0.15) is 0 Å². The molecule has 0 aliphatic carbocycles. The Kier molecular flexibility index (Phi) is 6.25. The summed E-state index contributed by atoms with van der Waals surface area (Å²) in [7, 11) is 1.94. The number of likely N-dealkylation sites (N-methyl/N-ethyl adjacent to an activating group) is 1. The number of nitrogens with one attached hydrogen (secondary N) is 2. The summed E-state index contributed by atoms with van der Waals surface area (Å²) >= 11 is 1.70. The number of benzene rings is 2. The van der Waals surface area contributed by atoms with Gasteiger partial charge in [-0.2, -0.15) is 0 Å². The molecule has 0 bridgehead atoms. The third-order valence-corrected chi connectivity index (χ3v) is 6.06. The van der Waals surface area contributed by atoms with Gasteiger partial charge in [-0.3, -0.25) is 4.79 Å². The van der Waals surface area contributed by atoms with Gasteiger partial charge >= 0.3 is 0 Å². The van der Waals surface area contributed by atoms with Gasteiger partial charge in [-0.05, 0) is 43.9 Å². The topological polar surface area (TPSA) is 44.4 Å². The second kappa shape index (κ2) is 8.62. The zero-order valence-corrected chi connectivity index (χ0v) is 16.6. The predicted molar refractivity (Wildman–Crippen MR) is 115 cm³/mol. The molecule has 1 heterocycles. The monoisotopic (exact) mass is 369 g/mol. The molecule has 1 aromatic heterocycles. The molecule has 0 aliphatic heterocycles. The number of hydrogen-bond donors (Lipinski definition) is 2. The van der Waals surface area contributed by atoms with Crippen LogP contribution in [0.2, 0.25) is 0 Å². The molecule has 0 amide bonds. The average Bonchev–Trinajstić information content (AvgIpc) is 2.67. The lowest BCUT2D eigenvalue weighted by molar-refractivity contribution is 0.316. The van der Waals surface area contributed by atoms with Crippen molar-refractivity contribution in [3.05, 3.63) is 52.2 Å². The van der Waals surface area contributed by atoms with Crippen LogP contribution >= 0.6 is 11.3 Å². The molecule has 138 valence electrons. The fourth-order valence-electron chi connectivity index (χ4n) is 3.32. The first kappa shape index (κ1) is 18.8. The largest absolute Gasteiger partial charge is 0.383 e. The van der Waals surface area contributed by atoms with E-state index in [9.17, 15) is 4.79 Å². The molecular formula is C21H27N3OS. The third kappa shape index (κ3) is 3.75. The highest BCUT2D eigenvalue weighted by Gasteiger charge is 2.13. The van der Waals surface area contributed by atoms with Crippen molar-refractivity contribution in [2.75, 3.05) is 38.5 Å². The molecular weight excluding hydrogens is 342 g/mol. The maximum Gasteiger partial charge on any atom is 0.197 e. The van der Waals surface area contributed by atoms with Crippen LogP contribution in [0.15, 0.2) is 41.2 Å². The van der Waals surface area contributed by atoms with Crippen molar-refractivity contribution in [2.24, 2.45) is 0 Å². The van der Waals surface area contributed by atoms with Crippen LogP contribution in [0.5, 0.6) is 0 Å². The predicted octanol–water partition coefficient (Wildman–Crippen LogP) is 3.89. The van der Waals surface area contributed by atoms with Gasteiger partial charge in [-0.25, -0.2) is 0 Å². The lowest BCUT2D eigenvalue weighted by Crippen LogP contribution is -2.28. The maximum absolute atomic E-state index is 13.2. The molecule has 0 radical (unpaired) electrons. The standard InChI is InChI=1S/C21H27N3OS/c1-4-24(5-2)13-12-23-17-11-10-15(14-22-3)21-19(17)20(25)16-8-6-7-9-18(16)26-21/h6-11,22-23H,4-5,12-14H2,1-3H3. The van der Waals surface area contributed by atoms with Gasteiger partial charge < -0.3 is 15.5 Å². The van der Waals surface area contributed by atoms with Crippen LogP contribution in [0.1, 0.15) is 19.4 Å². The quantitative estimate of drug-likeness (QED) is 0.591. The molecule has 26 heavy (non-hydrogen) atoms. The molecule has 3 aromatic rings. The number of fused-ring (bicyclic) bond motifs is 2. The van der Waals surface area contributed by atoms with Crippen molar-refractivity contribution in [1.82, 2.24) is 10.2 Å². The first-order valence-electron chi connectivity index (χ1n) is 9.27. The Bertz CT molecular complexity index is 947. The maximum atomic E-state index is 13.2. The van der Waals surface area contributed by atoms with Gasteiger partial charge in [0.2, 0.25) is 0 Å². The van der Waals surface area contributed by atoms with Gasteiger partial charge in [0.05, 0.1) is 5.39 Å². The van der Waals surface area contributed by atoms with Gasteiger partial charge in [0, 0.05) is 40.1 Å². The molecule has 2 N–H and O–H groups in total. The van der Waals surface area contributed by atoms with E-state index in [4.69, 9.17) is 0 Å². The van der Waals surface area contributed by atoms with Gasteiger partial charge in [0.25, 0.3) is 0 Å². The number of anilines is 1. The molecule has 0 saturated heterocycles. The fourth-order valence-corrected chi connectivity index (χ4v) is 4.53. The van der Waals surface area contributed by atoms with Crippen molar-refractivity contribution in [1.29, 1.82) is 0 Å². The zero-order valence-electron chi connectivity index (χ0n) is 15.8. The van der Waals surface area contributed by atoms with Crippen LogP contribution in [-0.4, -0.2) is 38.1 Å². The Hall–Kier alpha value is -1.95. The van der Waals surface area contributed by atoms with Gasteiger partial charge in [-0.1, -0.05) is 32.0 Å². The van der Waals surface area contributed by atoms with Crippen molar-refractivity contribution in [2.45, 2.75) is 20.4 Å². The van der Waals surface area contributed by atoms with Crippen LogP contribution in [-0.2, 0) is 6.54 Å². The highest BCUT2D eigenvalue weighted by molar-refractivity contribution is 7.24. The summed E-state index contributed by atoms with van der Waals surface area (Å²) in [4.78, 5) is 15.6. The molecule has 0 unspecified atom stereocenters. The van der Waals surface area contributed by atoms with E-state index in [2.05, 4.69) is 41.5 Å². The number of rotatable bonds is 8. The third-order valence-electron chi connectivity index (χ3n) is 4.82. The SMILES string of the molecule is CCN(CC)CCNc1ccc(CNC)c2sc3ccccc3c(=O)c12. The highest BCUT2D eigenvalue weighted by Crippen LogP contribution is 2.31. The highest BCUT2D eigenvalue weighted by atomic mass is 32.1. The Morgan fingerprint density at radius 3 is 2.58 bits per heavy atom. The van der Waals surface area contributed by atoms with Gasteiger partial charge in [0.15, 0.2) is 5.43 Å². The van der Waals surface area contributed by atoms with Gasteiger partial charge in [-0.15, -0.1) is 11.3 Å². The van der Waals surface area contributed by atoms with E-state index in [1.165, 1.54) is 5.56 Å². The minimum Gasteiger partial charge on any atom is -0.383 e. The van der Waals surface area contributed by atoms with Crippen LogP contribution in [0.3, 0.4) is 0 Å². The second-order valence-corrected chi connectivity index (χ2v) is 7.44. The number of nitrogens with zero attached hydrogens (tertiary/aromatic N) is 1. The van der Waals surface area contributed by atoms with E-state index in [1.54, 1.807) is 11.3 Å². The van der Waals surface area contributed by atoms with Crippen molar-refractivity contribution in [3.8, 4) is 0 Å². The van der Waals surface area contributed by atoms with Crippen molar-refractivity contribution in [3.63, 3.8) is 0 Å². The average molecular weight is 370 g/mol. The molecule has 0 saturated carbocycles. The summed E-state index contributed by atoms with van der Waals surface area (Å²) in [6.45, 7) is 8.99. The summed E-state index contributed by atoms with van der Waals surface area (Å²) in [5, 5.41) is 8.34. The lowest BCUT2D eigenvalue weighted by Gasteiger charge is -2.19. The van der Waals surface area contributed by atoms with E-state index in [0.717, 1.165) is 58.6 Å². The summed E-state index contributed by atoms with van der Waals surface area (Å²) in [5.74, 6) is 0. The lowest BCUT2D eigenvalue weighted by atomic mass is 10.1. The fraction of sp³-hybridized carbons (Fsp3) is 0.381. The molecule has 4 nitrogen and oxygen atoms in total. The Morgan fingerprint density at radius 2 is 1.85 bits per heavy atom. The molecule has 0 atom stereocenters. The molecule has 0 spiro atoms. The molecule has 3 rings (SSSR count). The van der Waals surface area contributed by atoms with Crippen molar-refractivity contribution >= 4 is 37.2 Å². The normalized spacial score (nSPS) is 11.5. The molecule has 2 aromatic carbocycles. The van der Waals surface area contributed by atoms with Crippen molar-refractivity contribution < 1.29 is 0 Å². The summed E-state index contributed by atoms with van der Waals surface area (Å²) in [5.41, 5.74) is 2.24. The Morgan fingerprint density at radius 1 is 1.08 bits per heavy atom. The van der Waals surface area contributed by atoms with E-state index in [-0.39, 0.29) is 5.43 Å². The summed E-state index contributed by atoms with van der Waals surface area (Å²) in [6, 6.07) is 12.1. The molecule has 0 aliphatic rings. The second-order valence-electron chi connectivity index (χ2n) is 6.39. The van der Waals surface area contributed by atoms with E-state index in [0.29, 0.717) is 0 Å². The zero-order chi connectivity index (χ0) is 18.5.